The van der Waals surface area contributed by atoms with Gasteiger partial charge in [0, 0.05) is 12.3 Å². The number of benzene rings is 1. The standard InChI is InChI=1S/C21H19F3N2O8.H2O4S/c22-21(23,24)18(33)26-10-2-1-7-5-19(17(25)32)6-8-3-9(27)4-11(28)20(8,34)16(31)13(19)15(30)12(7)14(10)29;1-5(2,3)4/h1-2,8-9,27,29-30,34H,3-6H2,(H2,25,32)(H,26,33);(H2,1,2,3,4). The lowest BCUT2D eigenvalue weighted by molar-refractivity contribution is -0.171. The van der Waals surface area contributed by atoms with E-state index in [4.69, 9.17) is 23.3 Å². The number of nitrogens with one attached hydrogen (secondary N) is 1. The summed E-state index contributed by atoms with van der Waals surface area (Å²) in [7, 11) is -4.67. The molecule has 14 nitrogen and oxygen atoms in total. The van der Waals surface area contributed by atoms with E-state index in [0.29, 0.717) is 0 Å². The third-order valence-corrected chi connectivity index (χ3v) is 6.85. The van der Waals surface area contributed by atoms with E-state index in [-0.39, 0.29) is 18.4 Å². The maximum absolute atomic E-state index is 13.4. The number of alkyl halides is 3. The van der Waals surface area contributed by atoms with Crippen molar-refractivity contribution in [3.63, 3.8) is 0 Å². The molecule has 0 radical (unpaired) electrons. The van der Waals surface area contributed by atoms with Gasteiger partial charge in [-0.05, 0) is 30.9 Å². The van der Waals surface area contributed by atoms with E-state index in [0.717, 1.165) is 12.1 Å². The average Bonchev–Trinajstić information content (AvgIpc) is 2.76. The third-order valence-electron chi connectivity index (χ3n) is 6.85. The average molecular weight is 582 g/mol. The molecule has 0 heterocycles. The van der Waals surface area contributed by atoms with Crippen molar-refractivity contribution >= 4 is 45.2 Å². The van der Waals surface area contributed by atoms with Crippen molar-refractivity contribution in [1.82, 2.24) is 0 Å². The second-order valence-corrected chi connectivity index (χ2v) is 10.2. The largest absolute Gasteiger partial charge is 0.507 e. The number of halogens is 3. The van der Waals surface area contributed by atoms with Crippen LogP contribution in [0.4, 0.5) is 18.9 Å². The molecule has 2 fully saturated rings. The Labute approximate surface area is 216 Å². The monoisotopic (exact) mass is 582 g/mol. The number of aliphatic hydroxyl groups is 3. The number of hydrogen-bond donors (Lipinski definition) is 8. The number of carbonyl (C=O) groups excluding carboxylic acids is 4. The Morgan fingerprint density at radius 3 is 2.21 bits per heavy atom. The zero-order chi connectivity index (χ0) is 29.9. The normalized spacial score (nSPS) is 28.4. The fourth-order valence-corrected chi connectivity index (χ4v) is 5.25. The minimum absolute atomic E-state index is 0.0171. The molecule has 2 saturated carbocycles. The Kier molecular flexibility index (Phi) is 7.34. The summed E-state index contributed by atoms with van der Waals surface area (Å²) in [6.07, 6.45) is -7.99. The van der Waals surface area contributed by atoms with E-state index in [2.05, 4.69) is 0 Å². The van der Waals surface area contributed by atoms with Crippen LogP contribution in [0, 0.1) is 11.3 Å². The lowest BCUT2D eigenvalue weighted by Crippen LogP contribution is -2.66. The van der Waals surface area contributed by atoms with Crippen molar-refractivity contribution in [2.45, 2.75) is 43.6 Å². The number of rotatable bonds is 2. The van der Waals surface area contributed by atoms with Gasteiger partial charge < -0.3 is 31.5 Å². The molecule has 214 valence electrons. The Bertz CT molecular complexity index is 1420. The van der Waals surface area contributed by atoms with Crippen LogP contribution in [0.1, 0.15) is 30.4 Å². The van der Waals surface area contributed by atoms with Gasteiger partial charge in [0.15, 0.2) is 11.4 Å². The highest BCUT2D eigenvalue weighted by atomic mass is 32.3. The van der Waals surface area contributed by atoms with Crippen molar-refractivity contribution in [3.05, 3.63) is 28.8 Å². The first kappa shape index (κ1) is 30.0. The maximum Gasteiger partial charge on any atom is 0.471 e. The molecule has 0 spiro atoms. The number of primary amides is 1. The van der Waals surface area contributed by atoms with Crippen LogP contribution in [-0.4, -0.2) is 79.2 Å². The number of ketones is 2. The number of phenols is 1. The van der Waals surface area contributed by atoms with Gasteiger partial charge in [0.1, 0.15) is 11.5 Å². The van der Waals surface area contributed by atoms with E-state index in [1.807, 2.05) is 0 Å². The zero-order valence-electron chi connectivity index (χ0n) is 19.4. The van der Waals surface area contributed by atoms with Crippen LogP contribution in [0.25, 0.3) is 5.76 Å². The van der Waals surface area contributed by atoms with Crippen LogP contribution < -0.4 is 11.1 Å². The molecule has 9 N–H and O–H groups in total. The van der Waals surface area contributed by atoms with E-state index in [9.17, 15) is 52.8 Å². The summed E-state index contributed by atoms with van der Waals surface area (Å²) in [5.74, 6) is -9.14. The molecule has 0 aromatic heterocycles. The fourth-order valence-electron chi connectivity index (χ4n) is 5.25. The van der Waals surface area contributed by atoms with E-state index >= 15 is 0 Å². The Hall–Kier alpha value is -3.58. The van der Waals surface area contributed by atoms with Crippen LogP contribution in [0.5, 0.6) is 5.75 Å². The van der Waals surface area contributed by atoms with Crippen LogP contribution in [0.2, 0.25) is 0 Å². The second-order valence-electron chi connectivity index (χ2n) is 9.26. The van der Waals surface area contributed by atoms with Gasteiger partial charge in [0.2, 0.25) is 11.7 Å². The van der Waals surface area contributed by atoms with Gasteiger partial charge >= 0.3 is 22.5 Å². The number of fused-ring (bicyclic) bond motifs is 3. The van der Waals surface area contributed by atoms with E-state index in [1.165, 1.54) is 5.32 Å². The van der Waals surface area contributed by atoms with Gasteiger partial charge in [0.05, 0.1) is 28.3 Å². The van der Waals surface area contributed by atoms with Crippen LogP contribution in [-0.2, 0) is 36.0 Å². The number of aromatic hydroxyl groups is 1. The molecule has 4 rings (SSSR count). The Morgan fingerprint density at radius 2 is 1.69 bits per heavy atom. The molecule has 1 aromatic rings. The summed E-state index contributed by atoms with van der Waals surface area (Å²) in [5.41, 5.74) is -1.03. The quantitative estimate of drug-likeness (QED) is 0.126. The van der Waals surface area contributed by atoms with Crippen molar-refractivity contribution in [2.24, 2.45) is 17.1 Å². The molecule has 39 heavy (non-hydrogen) atoms. The number of anilines is 1. The van der Waals surface area contributed by atoms with Crippen LogP contribution in [0.15, 0.2) is 17.7 Å². The van der Waals surface area contributed by atoms with Crippen molar-refractivity contribution in [3.8, 4) is 5.75 Å². The zero-order valence-corrected chi connectivity index (χ0v) is 20.2. The smallest absolute Gasteiger partial charge is 0.471 e. The van der Waals surface area contributed by atoms with Gasteiger partial charge in [-0.1, -0.05) is 6.07 Å². The number of nitrogens with two attached hydrogens (primary N) is 1. The molecule has 3 aliphatic carbocycles. The molecule has 18 heteroatoms. The summed E-state index contributed by atoms with van der Waals surface area (Å²) < 4.78 is 69.5. The first-order valence-corrected chi connectivity index (χ1v) is 12.2. The molecule has 2 amide bonds. The highest BCUT2D eigenvalue weighted by Crippen LogP contribution is 2.57. The molecule has 4 unspecified atom stereocenters. The Balaban J connectivity index is 0.000000771. The number of carbonyl (C=O) groups is 4. The molecule has 0 saturated heterocycles. The van der Waals surface area contributed by atoms with Crippen molar-refractivity contribution < 1.29 is 70.3 Å². The van der Waals surface area contributed by atoms with Gasteiger partial charge in [-0.25, -0.2) is 0 Å². The van der Waals surface area contributed by atoms with Crippen molar-refractivity contribution in [1.29, 1.82) is 0 Å². The molecular weight excluding hydrogens is 561 g/mol. The summed E-state index contributed by atoms with van der Waals surface area (Å²) >= 11 is 0. The molecule has 1 aromatic carbocycles. The fraction of sp³-hybridized carbons (Fsp3) is 0.429. The number of phenolic OH excluding ortho intramolecular Hbond substituents is 1. The number of amides is 2. The van der Waals surface area contributed by atoms with Gasteiger partial charge in [-0.15, -0.1) is 0 Å². The minimum atomic E-state index is -5.28. The summed E-state index contributed by atoms with van der Waals surface area (Å²) in [5, 5.41) is 44.0. The molecule has 4 atom stereocenters. The first-order chi connectivity index (χ1) is 17.6. The van der Waals surface area contributed by atoms with Gasteiger partial charge in [-0.2, -0.15) is 21.6 Å². The SMILES string of the molecule is NC(=O)C12Cc3ccc(NC(=O)C(F)(F)F)c(O)c3C(O)=C1C(=O)C1(O)C(=O)CC(O)CC1C2.O=S(=O)(O)O. The van der Waals surface area contributed by atoms with E-state index in [1.54, 1.807) is 0 Å². The molecule has 0 aliphatic heterocycles. The van der Waals surface area contributed by atoms with Crippen LogP contribution in [0.3, 0.4) is 0 Å². The maximum atomic E-state index is 13.4. The Morgan fingerprint density at radius 1 is 1.13 bits per heavy atom. The van der Waals surface area contributed by atoms with Gasteiger partial charge in [0.25, 0.3) is 0 Å². The molecule has 3 aliphatic rings. The summed E-state index contributed by atoms with van der Waals surface area (Å²) in [6, 6.07) is 2.05. The number of aliphatic hydroxyl groups excluding tert-OH is 2. The second kappa shape index (κ2) is 9.56. The lowest BCUT2D eigenvalue weighted by atomic mass is 9.52. The predicted octanol–water partition coefficient (Wildman–Crippen LogP) is -0.419. The highest BCUT2D eigenvalue weighted by Gasteiger charge is 2.66. The molecule has 0 bridgehead atoms. The van der Waals surface area contributed by atoms with Gasteiger partial charge in [-0.3, -0.25) is 28.3 Å². The number of hydrogen-bond acceptors (Lipinski definition) is 10. The highest BCUT2D eigenvalue weighted by molar-refractivity contribution is 7.79. The number of Topliss-reactive ketones (excluding diaryl/α,β-unsaturated/α-hetero) is 2. The molecular formula is C21H21F3N2O12S. The van der Waals surface area contributed by atoms with Crippen LogP contribution >= 0.6 is 0 Å². The lowest BCUT2D eigenvalue weighted by Gasteiger charge is -2.51. The minimum Gasteiger partial charge on any atom is -0.507 e. The van der Waals surface area contributed by atoms with Crippen molar-refractivity contribution in [2.75, 3.05) is 5.32 Å². The first-order valence-electron chi connectivity index (χ1n) is 10.8. The topological polar surface area (TPSA) is 262 Å². The predicted molar refractivity (Wildman–Crippen MR) is 120 cm³/mol. The van der Waals surface area contributed by atoms with E-state index < -0.39 is 104 Å². The third kappa shape index (κ3) is 5.20. The summed E-state index contributed by atoms with van der Waals surface area (Å²) in [4.78, 5) is 49.8. The summed E-state index contributed by atoms with van der Waals surface area (Å²) in [6.45, 7) is 0.